The Morgan fingerprint density at radius 3 is 2.63 bits per heavy atom. The number of ether oxygens (including phenoxy) is 1. The van der Waals surface area contributed by atoms with Crippen molar-refractivity contribution in [3.63, 3.8) is 0 Å². The summed E-state index contributed by atoms with van der Waals surface area (Å²) in [5, 5.41) is 11.1. The molecule has 3 aromatic rings. The average molecular weight is 427 g/mol. The molecule has 1 unspecified atom stereocenters. The number of methoxy groups -OCH3 is 1. The van der Waals surface area contributed by atoms with E-state index >= 15 is 0 Å². The number of hydrogen-bond acceptors (Lipinski definition) is 6. The van der Waals surface area contributed by atoms with Crippen LogP contribution in [0.15, 0.2) is 52.9 Å². The maximum absolute atomic E-state index is 12.5. The summed E-state index contributed by atoms with van der Waals surface area (Å²) in [5.41, 5.74) is 1.59. The van der Waals surface area contributed by atoms with E-state index in [-0.39, 0.29) is 36.6 Å². The second kappa shape index (κ2) is 8.54. The number of amides is 2. The molecule has 2 aromatic carbocycles. The molecule has 1 aliphatic heterocycles. The van der Waals surface area contributed by atoms with Crippen molar-refractivity contribution in [2.24, 2.45) is 0 Å². The molecule has 0 aliphatic carbocycles. The Hall–Kier alpha value is -3.39. The first-order chi connectivity index (χ1) is 14.5. The predicted molar refractivity (Wildman–Crippen MR) is 111 cm³/mol. The molecule has 2 heterocycles. The van der Waals surface area contributed by atoms with Crippen LogP contribution < -0.4 is 15.0 Å². The van der Waals surface area contributed by atoms with Gasteiger partial charge in [0, 0.05) is 23.7 Å². The van der Waals surface area contributed by atoms with Crippen molar-refractivity contribution >= 4 is 35.1 Å². The highest BCUT2D eigenvalue weighted by Crippen LogP contribution is 2.32. The van der Waals surface area contributed by atoms with Gasteiger partial charge in [-0.3, -0.25) is 14.9 Å². The van der Waals surface area contributed by atoms with Crippen LogP contribution in [0.1, 0.15) is 23.8 Å². The minimum absolute atomic E-state index is 0.0132. The Bertz CT molecular complexity index is 1050. The zero-order valence-electron chi connectivity index (χ0n) is 16.2. The van der Waals surface area contributed by atoms with Crippen LogP contribution in [-0.2, 0) is 16.0 Å². The lowest BCUT2D eigenvalue weighted by Crippen LogP contribution is -2.24. The molecule has 0 radical (unpaired) electrons. The maximum Gasteiger partial charge on any atom is 0.322 e. The van der Waals surface area contributed by atoms with Crippen molar-refractivity contribution in [1.29, 1.82) is 0 Å². The van der Waals surface area contributed by atoms with Crippen molar-refractivity contribution in [3.05, 3.63) is 65.0 Å². The highest BCUT2D eigenvalue weighted by Gasteiger charge is 2.35. The summed E-state index contributed by atoms with van der Waals surface area (Å²) in [4.78, 5) is 26.3. The van der Waals surface area contributed by atoms with Crippen LogP contribution >= 0.6 is 11.6 Å². The molecule has 1 aliphatic rings. The van der Waals surface area contributed by atoms with E-state index in [0.29, 0.717) is 17.5 Å². The number of carbonyl (C=O) groups is 2. The van der Waals surface area contributed by atoms with E-state index in [2.05, 4.69) is 15.5 Å². The molecule has 1 atom stereocenters. The Labute approximate surface area is 177 Å². The predicted octanol–water partition coefficient (Wildman–Crippen LogP) is 3.43. The molecule has 0 spiro atoms. The average Bonchev–Trinajstić information content (AvgIpc) is 3.36. The molecule has 0 saturated carbocycles. The lowest BCUT2D eigenvalue weighted by atomic mass is 10.1. The number of anilines is 2. The topological polar surface area (TPSA) is 97.6 Å². The van der Waals surface area contributed by atoms with Gasteiger partial charge in [0.25, 0.3) is 0 Å². The Kier molecular flexibility index (Phi) is 5.67. The first-order valence-corrected chi connectivity index (χ1v) is 9.72. The van der Waals surface area contributed by atoms with Crippen molar-refractivity contribution in [1.82, 2.24) is 10.2 Å². The van der Waals surface area contributed by atoms with Crippen LogP contribution in [-0.4, -0.2) is 35.7 Å². The zero-order valence-corrected chi connectivity index (χ0v) is 16.9. The number of benzene rings is 2. The number of halogens is 1. The second-order valence-corrected chi connectivity index (χ2v) is 7.34. The molecular formula is C21H19ClN4O4. The first-order valence-electron chi connectivity index (χ1n) is 9.34. The number of rotatable bonds is 6. The molecule has 30 heavy (non-hydrogen) atoms. The van der Waals surface area contributed by atoms with E-state index in [1.54, 1.807) is 48.4 Å². The van der Waals surface area contributed by atoms with Crippen LogP contribution in [0.3, 0.4) is 0 Å². The van der Waals surface area contributed by atoms with Crippen molar-refractivity contribution in [2.75, 3.05) is 23.9 Å². The maximum atomic E-state index is 12.5. The summed E-state index contributed by atoms with van der Waals surface area (Å²) < 4.78 is 10.7. The van der Waals surface area contributed by atoms with Crippen LogP contribution in [0.25, 0.3) is 0 Å². The quantitative estimate of drug-likeness (QED) is 0.648. The van der Waals surface area contributed by atoms with Crippen molar-refractivity contribution in [3.8, 4) is 5.75 Å². The molecule has 1 fully saturated rings. The smallest absolute Gasteiger partial charge is 0.322 e. The standard InChI is InChI=1S/C21H19ClN4O4/c1-29-17-8-6-16(7-9-17)26-12-14(11-19(26)28)20-24-25-21(30-20)23-18(27)10-13-2-4-15(22)5-3-13/h2-9,14H,10-12H2,1H3,(H,23,25,27). The highest BCUT2D eigenvalue weighted by atomic mass is 35.5. The largest absolute Gasteiger partial charge is 0.497 e. The summed E-state index contributed by atoms with van der Waals surface area (Å²) in [6.07, 6.45) is 0.411. The van der Waals surface area contributed by atoms with E-state index in [1.807, 2.05) is 12.1 Å². The van der Waals surface area contributed by atoms with Gasteiger partial charge in [0.1, 0.15) is 5.75 Å². The van der Waals surface area contributed by atoms with Crippen LogP contribution in [0.2, 0.25) is 5.02 Å². The fraction of sp³-hybridized carbons (Fsp3) is 0.238. The number of hydrogen-bond donors (Lipinski definition) is 1. The first kappa shape index (κ1) is 19.9. The molecule has 1 N–H and O–H groups in total. The van der Waals surface area contributed by atoms with E-state index in [1.165, 1.54) is 0 Å². The number of aromatic nitrogens is 2. The van der Waals surface area contributed by atoms with Gasteiger partial charge >= 0.3 is 6.01 Å². The summed E-state index contributed by atoms with van der Waals surface area (Å²) in [6.45, 7) is 0.422. The Morgan fingerprint density at radius 1 is 1.20 bits per heavy atom. The van der Waals surface area contributed by atoms with Gasteiger partial charge < -0.3 is 14.1 Å². The molecule has 1 saturated heterocycles. The Morgan fingerprint density at radius 2 is 1.93 bits per heavy atom. The Balaban J connectivity index is 1.38. The van der Waals surface area contributed by atoms with Gasteiger partial charge in [-0.25, -0.2) is 0 Å². The van der Waals surface area contributed by atoms with Gasteiger partial charge in [-0.2, -0.15) is 0 Å². The van der Waals surface area contributed by atoms with E-state index < -0.39 is 0 Å². The monoisotopic (exact) mass is 426 g/mol. The van der Waals surface area contributed by atoms with Crippen LogP contribution in [0, 0.1) is 0 Å². The zero-order chi connectivity index (χ0) is 21.1. The van der Waals surface area contributed by atoms with Crippen LogP contribution in [0.4, 0.5) is 11.7 Å². The molecule has 154 valence electrons. The lowest BCUT2D eigenvalue weighted by molar-refractivity contribution is -0.117. The van der Waals surface area contributed by atoms with Gasteiger partial charge in [-0.05, 0) is 42.0 Å². The minimum atomic E-state index is -0.283. The SMILES string of the molecule is COc1ccc(N2CC(c3nnc(NC(=O)Cc4ccc(Cl)cc4)o3)CC2=O)cc1. The third-order valence-corrected chi connectivity index (χ3v) is 5.08. The highest BCUT2D eigenvalue weighted by molar-refractivity contribution is 6.30. The van der Waals surface area contributed by atoms with E-state index in [9.17, 15) is 9.59 Å². The van der Waals surface area contributed by atoms with E-state index in [4.69, 9.17) is 20.8 Å². The van der Waals surface area contributed by atoms with Gasteiger partial charge in [0.05, 0.1) is 19.4 Å². The molecule has 4 rings (SSSR count). The summed E-state index contributed by atoms with van der Waals surface area (Å²) in [7, 11) is 1.59. The molecule has 1 aromatic heterocycles. The van der Waals surface area contributed by atoms with Crippen molar-refractivity contribution in [2.45, 2.75) is 18.8 Å². The van der Waals surface area contributed by atoms with Crippen molar-refractivity contribution < 1.29 is 18.7 Å². The second-order valence-electron chi connectivity index (χ2n) is 6.90. The number of carbonyl (C=O) groups excluding carboxylic acids is 2. The fourth-order valence-electron chi connectivity index (χ4n) is 3.29. The molecule has 9 heteroatoms. The normalized spacial score (nSPS) is 16.0. The van der Waals surface area contributed by atoms with Gasteiger partial charge in [-0.1, -0.05) is 28.8 Å². The number of nitrogens with zero attached hydrogens (tertiary/aromatic N) is 3. The number of nitrogens with one attached hydrogen (secondary N) is 1. The molecule has 2 amide bonds. The van der Waals surface area contributed by atoms with Gasteiger partial charge in [0.2, 0.25) is 17.7 Å². The third-order valence-electron chi connectivity index (χ3n) is 4.82. The lowest BCUT2D eigenvalue weighted by Gasteiger charge is -2.16. The molecule has 8 nitrogen and oxygen atoms in total. The summed E-state index contributed by atoms with van der Waals surface area (Å²) >= 11 is 5.85. The molecular weight excluding hydrogens is 408 g/mol. The van der Waals surface area contributed by atoms with Gasteiger partial charge in [0.15, 0.2) is 0 Å². The fourth-order valence-corrected chi connectivity index (χ4v) is 3.41. The third kappa shape index (κ3) is 4.44. The van der Waals surface area contributed by atoms with Gasteiger partial charge in [-0.15, -0.1) is 5.10 Å². The molecule has 0 bridgehead atoms. The summed E-state index contributed by atoms with van der Waals surface area (Å²) in [5.74, 6) is 0.486. The van der Waals surface area contributed by atoms with Crippen LogP contribution in [0.5, 0.6) is 5.75 Å². The van der Waals surface area contributed by atoms with E-state index in [0.717, 1.165) is 17.0 Å². The summed E-state index contributed by atoms with van der Waals surface area (Å²) in [6, 6.07) is 14.3. The minimum Gasteiger partial charge on any atom is -0.497 e.